The van der Waals surface area contributed by atoms with Gasteiger partial charge in [0.15, 0.2) is 5.69 Å². The number of carbonyl (C=O) groups excluding carboxylic acids is 2. The number of alkyl halides is 3. The molecule has 126 valence electrons. The summed E-state index contributed by atoms with van der Waals surface area (Å²) < 4.78 is 38.1. The number of carbonyl (C=O) groups is 2. The molecule has 0 saturated heterocycles. The zero-order chi connectivity index (χ0) is 17.9. The summed E-state index contributed by atoms with van der Waals surface area (Å²) >= 11 is 0. The molecule has 0 aliphatic rings. The molecule has 1 aromatic heterocycles. The Morgan fingerprint density at radius 2 is 1.96 bits per heavy atom. The summed E-state index contributed by atoms with van der Waals surface area (Å²) in [4.78, 5) is 26.9. The van der Waals surface area contributed by atoms with Crippen LogP contribution in [0.1, 0.15) is 21.6 Å². The maximum Gasteiger partial charge on any atom is 0.416 e. The lowest BCUT2D eigenvalue weighted by atomic mass is 10.1. The van der Waals surface area contributed by atoms with Crippen LogP contribution < -0.4 is 11.1 Å². The fraction of sp³-hybridized carbons (Fsp3) is 0.133. The maximum absolute atomic E-state index is 12.7. The summed E-state index contributed by atoms with van der Waals surface area (Å²) in [5.74, 6) is -2.05. The summed E-state index contributed by atoms with van der Waals surface area (Å²) in [6.45, 7) is 0. The van der Waals surface area contributed by atoms with Gasteiger partial charge in [-0.15, -0.1) is 0 Å². The van der Waals surface area contributed by atoms with E-state index in [4.69, 9.17) is 5.73 Å². The van der Waals surface area contributed by atoms with E-state index in [0.29, 0.717) is 12.1 Å². The van der Waals surface area contributed by atoms with Gasteiger partial charge < -0.3 is 16.2 Å². The first-order valence-corrected chi connectivity index (χ1v) is 6.62. The third-order valence-corrected chi connectivity index (χ3v) is 3.07. The monoisotopic (exact) mass is 339 g/mol. The number of amides is 2. The fourth-order valence-electron chi connectivity index (χ4n) is 1.97. The number of primary amides is 1. The van der Waals surface area contributed by atoms with Crippen molar-refractivity contribution in [2.24, 2.45) is 5.73 Å². The van der Waals surface area contributed by atoms with E-state index in [-0.39, 0.29) is 16.9 Å². The molecule has 2 aromatic rings. The second-order valence-corrected chi connectivity index (χ2v) is 4.83. The molecule has 0 unspecified atom stereocenters. The Labute approximate surface area is 134 Å². The maximum atomic E-state index is 12.7. The third-order valence-electron chi connectivity index (χ3n) is 3.07. The Morgan fingerprint density at radius 3 is 2.58 bits per heavy atom. The average Bonchev–Trinajstić information content (AvgIpc) is 2.48. The second-order valence-electron chi connectivity index (χ2n) is 4.83. The Balaban J connectivity index is 2.21. The van der Waals surface area contributed by atoms with Gasteiger partial charge in [-0.3, -0.25) is 9.59 Å². The number of hydrogen-bond acceptors (Lipinski definition) is 4. The topological polar surface area (TPSA) is 105 Å². The van der Waals surface area contributed by atoms with Crippen LogP contribution >= 0.6 is 0 Å². The van der Waals surface area contributed by atoms with Crippen molar-refractivity contribution >= 4 is 17.5 Å². The number of anilines is 1. The van der Waals surface area contributed by atoms with Crippen LogP contribution in [0.25, 0.3) is 0 Å². The molecule has 4 N–H and O–H groups in total. The molecule has 2 amide bonds. The predicted octanol–water partition coefficient (Wildman–Crippen LogP) is 2.09. The zero-order valence-electron chi connectivity index (χ0n) is 12.1. The number of phenolic OH excluding ortho intramolecular Hbond substituents is 1. The van der Waals surface area contributed by atoms with Crippen LogP contribution in [-0.4, -0.2) is 21.9 Å². The number of aromatic nitrogens is 1. The van der Waals surface area contributed by atoms with E-state index in [0.717, 1.165) is 6.07 Å². The fourth-order valence-corrected chi connectivity index (χ4v) is 1.97. The molecule has 0 aliphatic heterocycles. The molecule has 0 radical (unpaired) electrons. The van der Waals surface area contributed by atoms with Gasteiger partial charge in [0, 0.05) is 11.8 Å². The average molecular weight is 339 g/mol. The van der Waals surface area contributed by atoms with Crippen molar-refractivity contribution in [1.82, 2.24) is 4.98 Å². The number of rotatable bonds is 4. The summed E-state index contributed by atoms with van der Waals surface area (Å²) in [5, 5.41) is 12.0. The molecule has 6 nitrogen and oxygen atoms in total. The zero-order valence-corrected chi connectivity index (χ0v) is 12.1. The molecule has 0 bridgehead atoms. The quantitative estimate of drug-likeness (QED) is 0.793. The molecule has 2 rings (SSSR count). The van der Waals surface area contributed by atoms with Gasteiger partial charge in [0.1, 0.15) is 5.75 Å². The highest BCUT2D eigenvalue weighted by atomic mass is 19.4. The highest BCUT2D eigenvalue weighted by Crippen LogP contribution is 2.32. The normalized spacial score (nSPS) is 11.1. The molecule has 0 atom stereocenters. The van der Waals surface area contributed by atoms with Crippen molar-refractivity contribution in [3.05, 3.63) is 53.3 Å². The van der Waals surface area contributed by atoms with Gasteiger partial charge in [0.2, 0.25) is 5.91 Å². The third kappa shape index (κ3) is 4.00. The minimum atomic E-state index is -4.60. The Hall–Kier alpha value is -3.10. The number of phenols is 1. The standard InChI is InChI=1S/C15H12F3N3O3/c16-15(17,18)9-3-4-11(22)8(6-9)7-12(23)21-10-2-1-5-20-13(10)14(19)24/h1-6,22H,7H2,(H2,19,24)(H,21,23). The van der Waals surface area contributed by atoms with E-state index in [1.165, 1.54) is 18.3 Å². The second kappa shape index (κ2) is 6.57. The van der Waals surface area contributed by atoms with Gasteiger partial charge in [0.05, 0.1) is 17.7 Å². The van der Waals surface area contributed by atoms with E-state index in [2.05, 4.69) is 10.3 Å². The van der Waals surface area contributed by atoms with E-state index in [9.17, 15) is 27.9 Å². The first kappa shape index (κ1) is 17.3. The number of nitrogens with two attached hydrogens (primary N) is 1. The number of nitrogens with zero attached hydrogens (tertiary/aromatic N) is 1. The molecule has 24 heavy (non-hydrogen) atoms. The molecule has 1 heterocycles. The van der Waals surface area contributed by atoms with Gasteiger partial charge in [-0.25, -0.2) is 4.98 Å². The summed E-state index contributed by atoms with van der Waals surface area (Å²) in [7, 11) is 0. The molecule has 0 saturated carbocycles. The smallest absolute Gasteiger partial charge is 0.416 e. The first-order valence-electron chi connectivity index (χ1n) is 6.62. The van der Waals surface area contributed by atoms with Crippen molar-refractivity contribution in [3.63, 3.8) is 0 Å². The van der Waals surface area contributed by atoms with E-state index < -0.39 is 35.7 Å². The minimum absolute atomic E-state index is 0.0291. The highest BCUT2D eigenvalue weighted by molar-refractivity contribution is 6.01. The van der Waals surface area contributed by atoms with E-state index in [1.54, 1.807) is 0 Å². The molecular formula is C15H12F3N3O3. The Kier molecular flexibility index (Phi) is 4.72. The molecule has 0 spiro atoms. The molecular weight excluding hydrogens is 327 g/mol. The number of pyridine rings is 1. The van der Waals surface area contributed by atoms with Crippen molar-refractivity contribution in [2.75, 3.05) is 5.32 Å². The number of nitrogens with one attached hydrogen (secondary N) is 1. The van der Waals surface area contributed by atoms with Crippen LogP contribution in [0.3, 0.4) is 0 Å². The van der Waals surface area contributed by atoms with Crippen molar-refractivity contribution in [3.8, 4) is 5.75 Å². The van der Waals surface area contributed by atoms with Crippen molar-refractivity contribution in [1.29, 1.82) is 0 Å². The number of aromatic hydroxyl groups is 1. The minimum Gasteiger partial charge on any atom is -0.508 e. The van der Waals surface area contributed by atoms with Gasteiger partial charge in [-0.05, 0) is 30.3 Å². The van der Waals surface area contributed by atoms with Gasteiger partial charge in [0.25, 0.3) is 5.91 Å². The summed E-state index contributed by atoms with van der Waals surface area (Å²) in [6.07, 6.45) is -3.82. The summed E-state index contributed by atoms with van der Waals surface area (Å²) in [6, 6.07) is 5.08. The summed E-state index contributed by atoms with van der Waals surface area (Å²) in [5.41, 5.74) is 3.78. The lowest BCUT2D eigenvalue weighted by Crippen LogP contribution is -2.20. The Bertz CT molecular complexity index is 791. The van der Waals surface area contributed by atoms with Crippen LogP contribution in [0.4, 0.5) is 18.9 Å². The van der Waals surface area contributed by atoms with Crippen LogP contribution in [0.15, 0.2) is 36.5 Å². The molecule has 1 aromatic carbocycles. The van der Waals surface area contributed by atoms with Gasteiger partial charge in [-0.1, -0.05) is 0 Å². The Morgan fingerprint density at radius 1 is 1.25 bits per heavy atom. The number of benzene rings is 1. The largest absolute Gasteiger partial charge is 0.508 e. The lowest BCUT2D eigenvalue weighted by Gasteiger charge is -2.11. The van der Waals surface area contributed by atoms with E-state index >= 15 is 0 Å². The number of hydrogen-bond donors (Lipinski definition) is 3. The van der Waals surface area contributed by atoms with Crippen LogP contribution in [0, 0.1) is 0 Å². The van der Waals surface area contributed by atoms with Gasteiger partial charge >= 0.3 is 6.18 Å². The number of halogens is 3. The van der Waals surface area contributed by atoms with Crippen molar-refractivity contribution < 1.29 is 27.9 Å². The lowest BCUT2D eigenvalue weighted by molar-refractivity contribution is -0.137. The SMILES string of the molecule is NC(=O)c1ncccc1NC(=O)Cc1cc(C(F)(F)F)ccc1O. The van der Waals surface area contributed by atoms with Crippen LogP contribution in [0.2, 0.25) is 0 Å². The molecule has 9 heteroatoms. The highest BCUT2D eigenvalue weighted by Gasteiger charge is 2.31. The predicted molar refractivity (Wildman–Crippen MR) is 78.2 cm³/mol. The molecule has 0 aliphatic carbocycles. The van der Waals surface area contributed by atoms with Crippen LogP contribution in [0.5, 0.6) is 5.75 Å². The van der Waals surface area contributed by atoms with Crippen LogP contribution in [-0.2, 0) is 17.4 Å². The van der Waals surface area contributed by atoms with Gasteiger partial charge in [-0.2, -0.15) is 13.2 Å². The molecule has 0 fully saturated rings. The van der Waals surface area contributed by atoms with E-state index in [1.807, 2.05) is 0 Å². The van der Waals surface area contributed by atoms with Crippen molar-refractivity contribution in [2.45, 2.75) is 12.6 Å². The first-order chi connectivity index (χ1) is 11.2.